The lowest BCUT2D eigenvalue weighted by molar-refractivity contribution is 0.0876. The molecule has 7 heteroatoms. The summed E-state index contributed by atoms with van der Waals surface area (Å²) in [5, 5.41) is 5.09. The molecule has 180 valence electrons. The number of benzene rings is 1. The van der Waals surface area contributed by atoms with Gasteiger partial charge >= 0.3 is 6.09 Å². The highest BCUT2D eigenvalue weighted by molar-refractivity contribution is 6.01. The van der Waals surface area contributed by atoms with Gasteiger partial charge in [-0.2, -0.15) is 0 Å². The van der Waals surface area contributed by atoms with Crippen LogP contribution in [0, 0.1) is 11.8 Å². The van der Waals surface area contributed by atoms with E-state index >= 15 is 0 Å². The third kappa shape index (κ3) is 5.18. The molecule has 1 amide bonds. The van der Waals surface area contributed by atoms with Crippen LogP contribution in [0.3, 0.4) is 0 Å². The smallest absolute Gasteiger partial charge is 0.404 e. The number of likely N-dealkylation sites (tertiary alicyclic amines) is 1. The van der Waals surface area contributed by atoms with Gasteiger partial charge in [-0.15, -0.1) is 0 Å². The fourth-order valence-corrected chi connectivity index (χ4v) is 5.94. The summed E-state index contributed by atoms with van der Waals surface area (Å²) in [6.45, 7) is 7.05. The van der Waals surface area contributed by atoms with Crippen LogP contribution >= 0.6 is 0 Å². The fraction of sp³-hybridized carbons (Fsp3) is 0.615. The maximum absolute atomic E-state index is 11.4. The summed E-state index contributed by atoms with van der Waals surface area (Å²) in [6, 6.07) is 9.35. The molecule has 2 heterocycles. The minimum atomic E-state index is -0.770. The van der Waals surface area contributed by atoms with Crippen LogP contribution in [0.5, 0.6) is 0 Å². The van der Waals surface area contributed by atoms with Gasteiger partial charge in [-0.1, -0.05) is 37.2 Å². The summed E-state index contributed by atoms with van der Waals surface area (Å²) in [4.78, 5) is 19.1. The Hall–Kier alpha value is -2.54. The Morgan fingerprint density at radius 2 is 1.82 bits per heavy atom. The first-order chi connectivity index (χ1) is 16.0. The van der Waals surface area contributed by atoms with Crippen molar-refractivity contribution >= 4 is 23.2 Å². The maximum atomic E-state index is 11.4. The second kappa shape index (κ2) is 10.6. The van der Waals surface area contributed by atoms with Crippen molar-refractivity contribution in [1.29, 1.82) is 0 Å². The molecule has 4 rings (SSSR count). The molecule has 0 unspecified atom stereocenters. The second-order valence-corrected chi connectivity index (χ2v) is 9.85. The van der Waals surface area contributed by atoms with Gasteiger partial charge in [-0.25, -0.2) is 4.79 Å². The van der Waals surface area contributed by atoms with E-state index in [1.165, 1.54) is 32.8 Å². The Morgan fingerprint density at radius 3 is 2.45 bits per heavy atom. The van der Waals surface area contributed by atoms with E-state index in [1.807, 2.05) is 6.07 Å². The number of para-hydroxylation sites is 1. The quantitative estimate of drug-likeness (QED) is 0.468. The van der Waals surface area contributed by atoms with Gasteiger partial charge in [-0.3, -0.25) is 0 Å². The van der Waals surface area contributed by atoms with Gasteiger partial charge in [0.15, 0.2) is 0 Å². The number of carbonyl (C=O) groups is 1. The number of aromatic nitrogens is 1. The van der Waals surface area contributed by atoms with Crippen molar-refractivity contribution in [2.45, 2.75) is 71.1 Å². The Morgan fingerprint density at radius 1 is 1.12 bits per heavy atom. The largest absolute Gasteiger partial charge is 0.443 e. The standard InChI is InChI=1S/C26H38N4O3/c1-18(2)19-8-10-20(11-9-19)29-14-12-21(13-15-29)30-24-7-5-4-6-22(24)23(16-28-32-3)25(30)17-33-26(27)31/h4-7,16,18-21H,8-15,17H2,1-3H3,(H2,27,31). The fourth-order valence-electron chi connectivity index (χ4n) is 5.94. The van der Waals surface area contributed by atoms with E-state index in [2.05, 4.69) is 46.7 Å². The molecule has 2 N–H and O–H groups in total. The van der Waals surface area contributed by atoms with E-state index in [9.17, 15) is 4.79 Å². The SMILES string of the molecule is CON=Cc1c(COC(N)=O)n(C2CCN(C3CCC(C(C)C)CC3)CC2)c2ccccc12. The predicted octanol–water partition coefficient (Wildman–Crippen LogP) is 5.07. The molecule has 0 radical (unpaired) electrons. The zero-order valence-corrected chi connectivity index (χ0v) is 20.2. The Bertz CT molecular complexity index is 967. The van der Waals surface area contributed by atoms with Gasteiger partial charge in [0.05, 0.1) is 11.9 Å². The molecule has 1 aliphatic heterocycles. The Labute approximate surface area is 196 Å². The first-order valence-corrected chi connectivity index (χ1v) is 12.3. The van der Waals surface area contributed by atoms with E-state index in [0.717, 1.165) is 66.0 Å². The third-order valence-electron chi connectivity index (χ3n) is 7.76. The number of hydrogen-bond donors (Lipinski definition) is 1. The number of amides is 1. The molecule has 1 saturated heterocycles. The lowest BCUT2D eigenvalue weighted by Gasteiger charge is -2.42. The average molecular weight is 455 g/mol. The van der Waals surface area contributed by atoms with Gasteiger partial charge in [0.2, 0.25) is 0 Å². The van der Waals surface area contributed by atoms with Crippen molar-refractivity contribution in [3.05, 3.63) is 35.5 Å². The topological polar surface area (TPSA) is 82.1 Å². The molecule has 1 saturated carbocycles. The number of primary amides is 1. The van der Waals surface area contributed by atoms with E-state index in [4.69, 9.17) is 15.3 Å². The maximum Gasteiger partial charge on any atom is 0.404 e. The summed E-state index contributed by atoms with van der Waals surface area (Å²) < 4.78 is 7.61. The van der Waals surface area contributed by atoms with Crippen molar-refractivity contribution in [3.8, 4) is 0 Å². The molecule has 0 bridgehead atoms. The van der Waals surface area contributed by atoms with Crippen molar-refractivity contribution < 1.29 is 14.4 Å². The summed E-state index contributed by atoms with van der Waals surface area (Å²) in [7, 11) is 1.53. The number of carbonyl (C=O) groups excluding carboxylic acids is 1. The van der Waals surface area contributed by atoms with E-state index < -0.39 is 6.09 Å². The zero-order valence-electron chi connectivity index (χ0n) is 20.2. The van der Waals surface area contributed by atoms with Crippen molar-refractivity contribution in [3.63, 3.8) is 0 Å². The second-order valence-electron chi connectivity index (χ2n) is 9.85. The third-order valence-corrected chi connectivity index (χ3v) is 7.76. The molecule has 1 aliphatic carbocycles. The van der Waals surface area contributed by atoms with Crippen molar-refractivity contribution in [2.75, 3.05) is 20.2 Å². The Balaban J connectivity index is 1.55. The van der Waals surface area contributed by atoms with Crippen LogP contribution in [0.2, 0.25) is 0 Å². The minimum absolute atomic E-state index is 0.120. The van der Waals surface area contributed by atoms with Crippen LogP contribution in [0.25, 0.3) is 10.9 Å². The average Bonchev–Trinajstić information content (AvgIpc) is 3.14. The van der Waals surface area contributed by atoms with Crippen molar-refractivity contribution in [2.24, 2.45) is 22.7 Å². The van der Waals surface area contributed by atoms with Crippen LogP contribution in [0.15, 0.2) is 29.4 Å². The number of ether oxygens (including phenoxy) is 1. The molecule has 2 aromatic rings. The van der Waals surface area contributed by atoms with Crippen LogP contribution in [-0.2, 0) is 16.2 Å². The molecular formula is C26H38N4O3. The lowest BCUT2D eigenvalue weighted by Crippen LogP contribution is -2.44. The molecule has 2 fully saturated rings. The van der Waals surface area contributed by atoms with Crippen molar-refractivity contribution in [1.82, 2.24) is 9.47 Å². The highest BCUT2D eigenvalue weighted by atomic mass is 16.6. The summed E-state index contributed by atoms with van der Waals surface area (Å²) in [5.41, 5.74) is 8.28. The molecule has 0 spiro atoms. The number of oxime groups is 1. The minimum Gasteiger partial charge on any atom is -0.443 e. The van der Waals surface area contributed by atoms with E-state index in [-0.39, 0.29) is 6.61 Å². The first-order valence-electron chi connectivity index (χ1n) is 12.3. The Kier molecular flexibility index (Phi) is 7.58. The molecule has 0 atom stereocenters. The van der Waals surface area contributed by atoms with Gasteiger partial charge in [0.1, 0.15) is 13.7 Å². The van der Waals surface area contributed by atoms with Gasteiger partial charge in [-0.05, 0) is 56.4 Å². The predicted molar refractivity (Wildman–Crippen MR) is 131 cm³/mol. The first kappa shape index (κ1) is 23.6. The normalized spacial score (nSPS) is 22.9. The van der Waals surface area contributed by atoms with Crippen LogP contribution < -0.4 is 5.73 Å². The van der Waals surface area contributed by atoms with Crippen LogP contribution in [0.4, 0.5) is 4.79 Å². The van der Waals surface area contributed by atoms with Crippen LogP contribution in [-0.4, -0.2) is 48.0 Å². The number of hydrogen-bond acceptors (Lipinski definition) is 5. The molecule has 1 aromatic carbocycles. The lowest BCUT2D eigenvalue weighted by atomic mass is 9.79. The highest BCUT2D eigenvalue weighted by Crippen LogP contribution is 2.37. The monoisotopic (exact) mass is 454 g/mol. The van der Waals surface area contributed by atoms with Gasteiger partial charge < -0.3 is 24.8 Å². The molecule has 1 aromatic heterocycles. The summed E-state index contributed by atoms with van der Waals surface area (Å²) in [6.07, 6.45) is 8.47. The molecule has 33 heavy (non-hydrogen) atoms. The summed E-state index contributed by atoms with van der Waals surface area (Å²) >= 11 is 0. The van der Waals surface area contributed by atoms with E-state index in [1.54, 1.807) is 6.21 Å². The van der Waals surface area contributed by atoms with Gasteiger partial charge in [0.25, 0.3) is 0 Å². The highest BCUT2D eigenvalue weighted by Gasteiger charge is 2.32. The zero-order chi connectivity index (χ0) is 23.4. The van der Waals surface area contributed by atoms with Gasteiger partial charge in [0, 0.05) is 41.6 Å². The number of nitrogens with two attached hydrogens (primary N) is 1. The number of rotatable bonds is 7. The van der Waals surface area contributed by atoms with E-state index in [0.29, 0.717) is 6.04 Å². The number of nitrogens with zero attached hydrogens (tertiary/aromatic N) is 3. The number of piperidine rings is 1. The number of fused-ring (bicyclic) bond motifs is 1. The molecule has 2 aliphatic rings. The summed E-state index contributed by atoms with van der Waals surface area (Å²) in [5.74, 6) is 1.70. The molecular weight excluding hydrogens is 416 g/mol. The molecule has 7 nitrogen and oxygen atoms in total. The van der Waals surface area contributed by atoms with Crippen LogP contribution in [0.1, 0.15) is 69.7 Å².